The van der Waals surface area contributed by atoms with Gasteiger partial charge in [-0.2, -0.15) is 0 Å². The van der Waals surface area contributed by atoms with Crippen molar-refractivity contribution >= 4 is 5.91 Å². The first-order valence-electron chi connectivity index (χ1n) is 6.39. The summed E-state index contributed by atoms with van der Waals surface area (Å²) >= 11 is 0. The number of hydrogen-bond acceptors (Lipinski definition) is 3. The van der Waals surface area contributed by atoms with Crippen molar-refractivity contribution in [2.24, 2.45) is 5.73 Å². The lowest BCUT2D eigenvalue weighted by Gasteiger charge is -2.21. The second-order valence-electron chi connectivity index (χ2n) is 4.71. The van der Waals surface area contributed by atoms with E-state index in [1.54, 1.807) is 0 Å². The van der Waals surface area contributed by atoms with E-state index in [1.165, 1.54) is 5.56 Å². The van der Waals surface area contributed by atoms with Crippen LogP contribution in [0.4, 0.5) is 0 Å². The van der Waals surface area contributed by atoms with Crippen LogP contribution in [-0.2, 0) is 4.79 Å². The van der Waals surface area contributed by atoms with Crippen LogP contribution < -0.4 is 10.5 Å². The molecule has 1 fully saturated rings. The third kappa shape index (κ3) is 3.47. The summed E-state index contributed by atoms with van der Waals surface area (Å²) in [6, 6.07) is 8.10. The molecule has 4 nitrogen and oxygen atoms in total. The predicted octanol–water partition coefficient (Wildman–Crippen LogP) is 1.32. The molecule has 1 aromatic carbocycles. The largest absolute Gasteiger partial charge is 0.484 e. The molecule has 0 unspecified atom stereocenters. The maximum Gasteiger partial charge on any atom is 0.260 e. The zero-order valence-electron chi connectivity index (χ0n) is 10.8. The van der Waals surface area contributed by atoms with Crippen molar-refractivity contribution in [1.29, 1.82) is 0 Å². The molecule has 4 heteroatoms. The lowest BCUT2D eigenvalue weighted by Crippen LogP contribution is -2.40. The van der Waals surface area contributed by atoms with Gasteiger partial charge in [-0.3, -0.25) is 4.79 Å². The van der Waals surface area contributed by atoms with Gasteiger partial charge in [-0.25, -0.2) is 0 Å². The van der Waals surface area contributed by atoms with Crippen LogP contribution in [0.1, 0.15) is 18.4 Å². The highest BCUT2D eigenvalue weighted by molar-refractivity contribution is 5.78. The van der Waals surface area contributed by atoms with Crippen LogP contribution in [0, 0.1) is 6.92 Å². The van der Waals surface area contributed by atoms with Gasteiger partial charge in [0.05, 0.1) is 0 Å². The minimum Gasteiger partial charge on any atom is -0.484 e. The molecule has 18 heavy (non-hydrogen) atoms. The summed E-state index contributed by atoms with van der Waals surface area (Å²) in [5.41, 5.74) is 6.70. The van der Waals surface area contributed by atoms with Gasteiger partial charge in [0.2, 0.25) is 0 Å². The number of nitrogens with two attached hydrogens (primary N) is 1. The summed E-state index contributed by atoms with van der Waals surface area (Å²) in [4.78, 5) is 13.8. The van der Waals surface area contributed by atoms with Crippen molar-refractivity contribution in [2.45, 2.75) is 25.8 Å². The molecule has 1 amide bonds. The van der Waals surface area contributed by atoms with Gasteiger partial charge in [0, 0.05) is 19.1 Å². The number of hydrogen-bond donors (Lipinski definition) is 1. The SMILES string of the molecule is Cc1ccc(OCC(=O)N(CCN)C2CC2)cc1. The van der Waals surface area contributed by atoms with E-state index in [0.29, 0.717) is 19.1 Å². The Hall–Kier alpha value is -1.55. The fourth-order valence-corrected chi connectivity index (χ4v) is 1.90. The first-order valence-corrected chi connectivity index (χ1v) is 6.39. The Labute approximate surface area is 108 Å². The maximum absolute atomic E-state index is 12.0. The number of ether oxygens (including phenoxy) is 1. The molecule has 1 saturated carbocycles. The summed E-state index contributed by atoms with van der Waals surface area (Å²) in [5.74, 6) is 0.765. The molecule has 2 rings (SSSR count). The number of nitrogens with zero attached hydrogens (tertiary/aromatic N) is 1. The van der Waals surface area contributed by atoms with Crippen LogP contribution in [0.5, 0.6) is 5.75 Å². The first-order chi connectivity index (χ1) is 8.70. The smallest absolute Gasteiger partial charge is 0.260 e. The fraction of sp³-hybridized carbons (Fsp3) is 0.500. The van der Waals surface area contributed by atoms with E-state index in [4.69, 9.17) is 10.5 Å². The average Bonchev–Trinajstić information content (AvgIpc) is 3.19. The van der Waals surface area contributed by atoms with Crippen molar-refractivity contribution in [3.05, 3.63) is 29.8 Å². The van der Waals surface area contributed by atoms with Gasteiger partial charge in [-0.1, -0.05) is 17.7 Å². The molecular weight excluding hydrogens is 228 g/mol. The highest BCUT2D eigenvalue weighted by Crippen LogP contribution is 2.26. The number of rotatable bonds is 6. The normalized spacial score (nSPS) is 14.3. The van der Waals surface area contributed by atoms with E-state index in [-0.39, 0.29) is 12.5 Å². The van der Waals surface area contributed by atoms with E-state index in [1.807, 2.05) is 36.1 Å². The molecule has 1 aliphatic rings. The molecule has 98 valence electrons. The van der Waals surface area contributed by atoms with Crippen molar-refractivity contribution in [3.63, 3.8) is 0 Å². The van der Waals surface area contributed by atoms with E-state index >= 15 is 0 Å². The zero-order valence-corrected chi connectivity index (χ0v) is 10.8. The van der Waals surface area contributed by atoms with Crippen LogP contribution in [-0.4, -0.2) is 36.5 Å². The van der Waals surface area contributed by atoms with Crippen molar-refractivity contribution in [1.82, 2.24) is 4.90 Å². The highest BCUT2D eigenvalue weighted by atomic mass is 16.5. The molecule has 2 N–H and O–H groups in total. The first kappa shape index (κ1) is 12.9. The Balaban J connectivity index is 1.84. The van der Waals surface area contributed by atoms with Crippen LogP contribution >= 0.6 is 0 Å². The molecular formula is C14H20N2O2. The summed E-state index contributed by atoms with van der Waals surface area (Å²) in [7, 11) is 0. The predicted molar refractivity (Wildman–Crippen MR) is 70.5 cm³/mol. The maximum atomic E-state index is 12.0. The van der Waals surface area contributed by atoms with Crippen LogP contribution in [0.3, 0.4) is 0 Å². The minimum atomic E-state index is 0.0310. The van der Waals surface area contributed by atoms with Crippen LogP contribution in [0.2, 0.25) is 0 Å². The van der Waals surface area contributed by atoms with Gasteiger partial charge in [0.25, 0.3) is 5.91 Å². The second-order valence-corrected chi connectivity index (χ2v) is 4.71. The van der Waals surface area contributed by atoms with Crippen molar-refractivity contribution in [3.8, 4) is 5.75 Å². The minimum absolute atomic E-state index is 0.0310. The second kappa shape index (κ2) is 5.87. The zero-order chi connectivity index (χ0) is 13.0. The number of aryl methyl sites for hydroxylation is 1. The van der Waals surface area contributed by atoms with Gasteiger partial charge < -0.3 is 15.4 Å². The molecule has 0 aromatic heterocycles. The van der Waals surface area contributed by atoms with Crippen LogP contribution in [0.25, 0.3) is 0 Å². The summed E-state index contributed by atoms with van der Waals surface area (Å²) in [6.45, 7) is 3.25. The van der Waals surface area contributed by atoms with E-state index < -0.39 is 0 Å². The fourth-order valence-electron chi connectivity index (χ4n) is 1.90. The van der Waals surface area contributed by atoms with Gasteiger partial charge in [0.15, 0.2) is 6.61 Å². The van der Waals surface area contributed by atoms with Gasteiger partial charge in [0.1, 0.15) is 5.75 Å². The summed E-state index contributed by atoms with van der Waals surface area (Å²) in [6.07, 6.45) is 2.19. The Morgan fingerprint density at radius 3 is 2.61 bits per heavy atom. The van der Waals surface area contributed by atoms with Crippen molar-refractivity contribution < 1.29 is 9.53 Å². The molecule has 0 radical (unpaired) electrons. The molecule has 0 aliphatic heterocycles. The number of benzene rings is 1. The number of carbonyl (C=O) groups excluding carboxylic acids is 1. The highest BCUT2D eigenvalue weighted by Gasteiger charge is 2.31. The van der Waals surface area contributed by atoms with Gasteiger partial charge in [-0.15, -0.1) is 0 Å². The number of carbonyl (C=O) groups is 1. The van der Waals surface area contributed by atoms with Crippen molar-refractivity contribution in [2.75, 3.05) is 19.7 Å². The molecule has 1 aliphatic carbocycles. The lowest BCUT2D eigenvalue weighted by atomic mass is 10.2. The molecule has 0 spiro atoms. The topological polar surface area (TPSA) is 55.6 Å². The lowest BCUT2D eigenvalue weighted by molar-refractivity contribution is -0.133. The molecule has 1 aromatic rings. The van der Waals surface area contributed by atoms with Crippen LogP contribution in [0.15, 0.2) is 24.3 Å². The Kier molecular flexibility index (Phi) is 4.20. The van der Waals surface area contributed by atoms with Gasteiger partial charge in [-0.05, 0) is 31.9 Å². The Bertz CT molecular complexity index is 399. The number of amides is 1. The van der Waals surface area contributed by atoms with E-state index in [2.05, 4.69) is 0 Å². The quantitative estimate of drug-likeness (QED) is 0.826. The van der Waals surface area contributed by atoms with E-state index in [9.17, 15) is 4.79 Å². The third-order valence-corrected chi connectivity index (χ3v) is 3.06. The Morgan fingerprint density at radius 2 is 2.06 bits per heavy atom. The monoisotopic (exact) mass is 248 g/mol. The molecule has 0 bridgehead atoms. The van der Waals surface area contributed by atoms with E-state index in [0.717, 1.165) is 18.6 Å². The summed E-state index contributed by atoms with van der Waals surface area (Å²) in [5, 5.41) is 0. The Morgan fingerprint density at radius 1 is 1.39 bits per heavy atom. The molecule has 0 atom stereocenters. The standard InChI is InChI=1S/C14H20N2O2/c1-11-2-6-13(7-3-11)18-10-14(17)16(9-8-15)12-4-5-12/h2-3,6-7,12H,4-5,8-10,15H2,1H3. The molecule has 0 saturated heterocycles. The summed E-state index contributed by atoms with van der Waals surface area (Å²) < 4.78 is 5.50. The molecule has 0 heterocycles. The average molecular weight is 248 g/mol. The third-order valence-electron chi connectivity index (χ3n) is 3.06. The van der Waals surface area contributed by atoms with Gasteiger partial charge >= 0.3 is 0 Å².